The smallest absolute Gasteiger partial charge is 0.323 e. The first-order valence-corrected chi connectivity index (χ1v) is 6.36. The highest BCUT2D eigenvalue weighted by atomic mass is 35.5. The van der Waals surface area contributed by atoms with Crippen molar-refractivity contribution in [1.82, 2.24) is 4.90 Å². The molecule has 0 aliphatic rings. The monoisotopic (exact) mass is 300 g/mol. The SMILES string of the molecule is COc1cc(NC(=O)N(CC(=O)O)C(C)C)ccc1Cl. The van der Waals surface area contributed by atoms with Gasteiger partial charge in [-0.2, -0.15) is 0 Å². The van der Waals surface area contributed by atoms with Crippen molar-refractivity contribution in [2.45, 2.75) is 19.9 Å². The lowest BCUT2D eigenvalue weighted by atomic mass is 10.3. The number of nitrogens with zero attached hydrogens (tertiary/aromatic N) is 1. The van der Waals surface area contributed by atoms with Crippen molar-refractivity contribution in [3.8, 4) is 5.75 Å². The molecule has 6 nitrogen and oxygen atoms in total. The van der Waals surface area contributed by atoms with Gasteiger partial charge in [-0.3, -0.25) is 4.79 Å². The van der Waals surface area contributed by atoms with Crippen LogP contribution in [0.3, 0.4) is 0 Å². The maximum atomic E-state index is 12.1. The van der Waals surface area contributed by atoms with E-state index in [-0.39, 0.29) is 12.6 Å². The number of halogens is 1. The Kier molecular flexibility index (Phi) is 5.64. The third-order valence-electron chi connectivity index (χ3n) is 2.59. The molecule has 110 valence electrons. The van der Waals surface area contributed by atoms with E-state index in [1.165, 1.54) is 12.0 Å². The molecule has 0 spiro atoms. The summed E-state index contributed by atoms with van der Waals surface area (Å²) in [6.07, 6.45) is 0. The Morgan fingerprint density at radius 1 is 1.45 bits per heavy atom. The summed E-state index contributed by atoms with van der Waals surface area (Å²) in [5, 5.41) is 11.9. The van der Waals surface area contributed by atoms with Crippen LogP contribution in [0, 0.1) is 0 Å². The number of carbonyl (C=O) groups excluding carboxylic acids is 1. The van der Waals surface area contributed by atoms with Crippen molar-refractivity contribution in [1.29, 1.82) is 0 Å². The maximum Gasteiger partial charge on any atom is 0.323 e. The van der Waals surface area contributed by atoms with E-state index in [1.54, 1.807) is 32.0 Å². The molecule has 20 heavy (non-hydrogen) atoms. The molecule has 0 heterocycles. The zero-order valence-corrected chi connectivity index (χ0v) is 12.3. The minimum Gasteiger partial charge on any atom is -0.495 e. The lowest BCUT2D eigenvalue weighted by Crippen LogP contribution is -2.43. The van der Waals surface area contributed by atoms with Gasteiger partial charge >= 0.3 is 12.0 Å². The molecule has 1 aromatic rings. The van der Waals surface area contributed by atoms with E-state index in [9.17, 15) is 9.59 Å². The van der Waals surface area contributed by atoms with Gasteiger partial charge in [0.15, 0.2) is 0 Å². The van der Waals surface area contributed by atoms with Gasteiger partial charge in [0, 0.05) is 17.8 Å². The van der Waals surface area contributed by atoms with Crippen molar-refractivity contribution in [3.05, 3.63) is 23.2 Å². The molecule has 2 N–H and O–H groups in total. The van der Waals surface area contributed by atoms with Gasteiger partial charge in [-0.05, 0) is 26.0 Å². The average molecular weight is 301 g/mol. The topological polar surface area (TPSA) is 78.9 Å². The second-order valence-electron chi connectivity index (χ2n) is 4.39. The first-order chi connectivity index (χ1) is 9.35. The van der Waals surface area contributed by atoms with Gasteiger partial charge < -0.3 is 20.1 Å². The molecular weight excluding hydrogens is 284 g/mol. The summed E-state index contributed by atoms with van der Waals surface area (Å²) >= 11 is 5.89. The van der Waals surface area contributed by atoms with E-state index in [1.807, 2.05) is 0 Å². The van der Waals surface area contributed by atoms with Crippen LogP contribution in [-0.4, -0.2) is 41.7 Å². The molecule has 0 radical (unpaired) electrons. The fourth-order valence-electron chi connectivity index (χ4n) is 1.57. The Morgan fingerprint density at radius 2 is 2.10 bits per heavy atom. The highest BCUT2D eigenvalue weighted by molar-refractivity contribution is 6.32. The Balaban J connectivity index is 2.85. The normalized spacial score (nSPS) is 10.2. The lowest BCUT2D eigenvalue weighted by Gasteiger charge is -2.25. The molecule has 1 aromatic carbocycles. The number of ether oxygens (including phenoxy) is 1. The Morgan fingerprint density at radius 3 is 2.60 bits per heavy atom. The highest BCUT2D eigenvalue weighted by Gasteiger charge is 2.20. The van der Waals surface area contributed by atoms with Crippen LogP contribution in [0.5, 0.6) is 5.75 Å². The number of hydrogen-bond donors (Lipinski definition) is 2. The number of aliphatic carboxylic acids is 1. The molecular formula is C13H17ClN2O4. The summed E-state index contributed by atoms with van der Waals surface area (Å²) in [6, 6.07) is 4.04. The summed E-state index contributed by atoms with van der Waals surface area (Å²) in [7, 11) is 1.47. The first-order valence-electron chi connectivity index (χ1n) is 5.98. The van der Waals surface area contributed by atoms with E-state index in [4.69, 9.17) is 21.4 Å². The molecule has 0 atom stereocenters. The third-order valence-corrected chi connectivity index (χ3v) is 2.90. The van der Waals surface area contributed by atoms with Crippen LogP contribution in [0.1, 0.15) is 13.8 Å². The third kappa shape index (κ3) is 4.31. The van der Waals surface area contributed by atoms with Crippen LogP contribution in [0.2, 0.25) is 5.02 Å². The number of nitrogens with one attached hydrogen (secondary N) is 1. The summed E-state index contributed by atoms with van der Waals surface area (Å²) in [4.78, 5) is 24.0. The molecule has 0 fully saturated rings. The van der Waals surface area contributed by atoms with Gasteiger partial charge in [0.1, 0.15) is 12.3 Å². The Hall–Kier alpha value is -1.95. The molecule has 7 heteroatoms. The number of hydrogen-bond acceptors (Lipinski definition) is 3. The molecule has 0 saturated carbocycles. The number of anilines is 1. The maximum absolute atomic E-state index is 12.1. The molecule has 0 aliphatic carbocycles. The number of carbonyl (C=O) groups is 2. The highest BCUT2D eigenvalue weighted by Crippen LogP contribution is 2.27. The second-order valence-corrected chi connectivity index (χ2v) is 4.80. The molecule has 1 rings (SSSR count). The molecule has 0 saturated heterocycles. The number of carboxylic acids is 1. The number of methoxy groups -OCH3 is 1. The summed E-state index contributed by atoms with van der Waals surface area (Å²) < 4.78 is 5.05. The van der Waals surface area contributed by atoms with Crippen molar-refractivity contribution >= 4 is 29.3 Å². The fourth-order valence-corrected chi connectivity index (χ4v) is 1.76. The molecule has 0 bridgehead atoms. The zero-order chi connectivity index (χ0) is 15.3. The molecule has 2 amide bonds. The predicted octanol–water partition coefficient (Wildman–Crippen LogP) is 2.68. The quantitative estimate of drug-likeness (QED) is 0.876. The van der Waals surface area contributed by atoms with Crippen LogP contribution in [0.15, 0.2) is 18.2 Å². The summed E-state index contributed by atoms with van der Waals surface area (Å²) in [6.45, 7) is 3.12. The van der Waals surface area contributed by atoms with E-state index in [2.05, 4.69) is 5.32 Å². The number of rotatable bonds is 5. The summed E-state index contributed by atoms with van der Waals surface area (Å²) in [5.41, 5.74) is 0.479. The number of urea groups is 1. The van der Waals surface area contributed by atoms with Gasteiger partial charge in [0.2, 0.25) is 0 Å². The van der Waals surface area contributed by atoms with Crippen LogP contribution in [-0.2, 0) is 4.79 Å². The zero-order valence-electron chi connectivity index (χ0n) is 11.5. The largest absolute Gasteiger partial charge is 0.495 e. The van der Waals surface area contributed by atoms with Crippen molar-refractivity contribution in [3.63, 3.8) is 0 Å². The van der Waals surface area contributed by atoms with Crippen LogP contribution in [0.4, 0.5) is 10.5 Å². The number of amides is 2. The predicted molar refractivity (Wildman–Crippen MR) is 76.5 cm³/mol. The van der Waals surface area contributed by atoms with Gasteiger partial charge in [-0.15, -0.1) is 0 Å². The molecule has 0 unspecified atom stereocenters. The van der Waals surface area contributed by atoms with Gasteiger partial charge in [-0.25, -0.2) is 4.79 Å². The van der Waals surface area contributed by atoms with E-state index >= 15 is 0 Å². The van der Waals surface area contributed by atoms with E-state index < -0.39 is 12.0 Å². The average Bonchev–Trinajstić information content (AvgIpc) is 2.37. The van der Waals surface area contributed by atoms with E-state index in [0.717, 1.165) is 0 Å². The molecule has 0 aromatic heterocycles. The Labute approximate surface area is 122 Å². The molecule has 0 aliphatic heterocycles. The van der Waals surface area contributed by atoms with Crippen molar-refractivity contribution < 1.29 is 19.4 Å². The van der Waals surface area contributed by atoms with Gasteiger partial charge in [0.25, 0.3) is 0 Å². The minimum absolute atomic E-state index is 0.236. The van der Waals surface area contributed by atoms with Crippen molar-refractivity contribution in [2.75, 3.05) is 19.0 Å². The summed E-state index contributed by atoms with van der Waals surface area (Å²) in [5.74, 6) is -0.638. The fraction of sp³-hybridized carbons (Fsp3) is 0.385. The Bertz CT molecular complexity index is 505. The number of benzene rings is 1. The van der Waals surface area contributed by atoms with Crippen LogP contribution >= 0.6 is 11.6 Å². The minimum atomic E-state index is -1.07. The standard InChI is InChI=1S/C13H17ClN2O4/c1-8(2)16(7-12(17)18)13(19)15-9-4-5-10(14)11(6-9)20-3/h4-6,8H,7H2,1-3H3,(H,15,19)(H,17,18). The van der Waals surface area contributed by atoms with Gasteiger partial charge in [0.05, 0.1) is 12.1 Å². The van der Waals surface area contributed by atoms with Crippen LogP contribution in [0.25, 0.3) is 0 Å². The lowest BCUT2D eigenvalue weighted by molar-refractivity contribution is -0.137. The van der Waals surface area contributed by atoms with E-state index in [0.29, 0.717) is 16.5 Å². The number of carboxylic acid groups (broad SMARTS) is 1. The van der Waals surface area contributed by atoms with Gasteiger partial charge in [-0.1, -0.05) is 11.6 Å². The van der Waals surface area contributed by atoms with Crippen molar-refractivity contribution in [2.24, 2.45) is 0 Å². The first kappa shape index (κ1) is 16.1. The van der Waals surface area contributed by atoms with Crippen LogP contribution < -0.4 is 10.1 Å². The second kappa shape index (κ2) is 7.00.